The summed E-state index contributed by atoms with van der Waals surface area (Å²) >= 11 is 8.09. The quantitative estimate of drug-likeness (QED) is 0.699. The molecule has 5 nitrogen and oxygen atoms in total. The molecule has 5 rings (SSSR count). The Balaban J connectivity index is 1.73. The summed E-state index contributed by atoms with van der Waals surface area (Å²) in [7, 11) is 0. The van der Waals surface area contributed by atoms with Crippen LogP contribution < -0.4 is 5.32 Å². The van der Waals surface area contributed by atoms with Crippen LogP contribution in [0.15, 0.2) is 53.0 Å². The third-order valence-electron chi connectivity index (χ3n) is 4.81. The zero-order chi connectivity index (χ0) is 17.7. The molecule has 1 unspecified atom stereocenters. The van der Waals surface area contributed by atoms with Crippen LogP contribution in [0, 0.1) is 0 Å². The summed E-state index contributed by atoms with van der Waals surface area (Å²) in [6.45, 7) is 0. The maximum absolute atomic E-state index is 12.8. The minimum absolute atomic E-state index is 0.155. The zero-order valence-electron chi connectivity index (χ0n) is 13.8. The van der Waals surface area contributed by atoms with Crippen LogP contribution in [-0.2, 0) is 4.79 Å². The number of anilines is 1. The van der Waals surface area contributed by atoms with E-state index in [4.69, 9.17) is 16.7 Å². The zero-order valence-corrected chi connectivity index (χ0v) is 15.3. The van der Waals surface area contributed by atoms with E-state index in [1.165, 1.54) is 0 Å². The highest BCUT2D eigenvalue weighted by molar-refractivity contribution is 7.13. The molecule has 0 spiro atoms. The number of halogens is 1. The lowest BCUT2D eigenvalue weighted by atomic mass is 9.85. The number of fused-ring (bicyclic) bond motifs is 1. The van der Waals surface area contributed by atoms with Gasteiger partial charge in [0, 0.05) is 28.3 Å². The number of thiophene rings is 1. The molecule has 0 bridgehead atoms. The van der Waals surface area contributed by atoms with Crippen molar-refractivity contribution in [3.05, 3.63) is 63.6 Å². The molecular weight excluding hydrogens is 368 g/mol. The van der Waals surface area contributed by atoms with Gasteiger partial charge in [-0.05, 0) is 30.4 Å². The van der Waals surface area contributed by atoms with E-state index in [0.717, 1.165) is 34.6 Å². The van der Waals surface area contributed by atoms with E-state index in [1.807, 2.05) is 41.8 Å². The number of hydrogen-bond donors (Lipinski definition) is 1. The van der Waals surface area contributed by atoms with E-state index in [0.29, 0.717) is 23.2 Å². The van der Waals surface area contributed by atoms with Crippen LogP contribution in [0.4, 0.5) is 5.95 Å². The molecule has 1 aromatic carbocycles. The Morgan fingerprint density at radius 1 is 1.19 bits per heavy atom. The Morgan fingerprint density at radius 2 is 2.08 bits per heavy atom. The van der Waals surface area contributed by atoms with E-state index >= 15 is 0 Å². The van der Waals surface area contributed by atoms with Gasteiger partial charge in [0.05, 0.1) is 4.88 Å². The first kappa shape index (κ1) is 15.8. The van der Waals surface area contributed by atoms with Crippen molar-refractivity contribution in [2.75, 3.05) is 5.32 Å². The number of carbonyl (C=O) groups excluding carboxylic acids is 1. The third-order valence-corrected chi connectivity index (χ3v) is 6.02. The minimum Gasteiger partial charge on any atom is -0.328 e. The summed E-state index contributed by atoms with van der Waals surface area (Å²) in [6, 6.07) is 11.3. The number of benzene rings is 1. The molecule has 26 heavy (non-hydrogen) atoms. The Bertz CT molecular complexity index is 1040. The fraction of sp³-hybridized carbons (Fsp3) is 0.211. The number of nitrogens with one attached hydrogen (secondary N) is 1. The van der Waals surface area contributed by atoms with Crippen LogP contribution in [0.1, 0.15) is 30.9 Å². The lowest BCUT2D eigenvalue weighted by molar-refractivity contribution is -0.116. The molecule has 1 aliphatic heterocycles. The average molecular weight is 383 g/mol. The monoisotopic (exact) mass is 382 g/mol. The van der Waals surface area contributed by atoms with Crippen LogP contribution in [0.2, 0.25) is 5.02 Å². The lowest BCUT2D eigenvalue weighted by Crippen LogP contribution is -2.31. The van der Waals surface area contributed by atoms with Gasteiger partial charge in [-0.1, -0.05) is 35.9 Å². The first-order valence-electron chi connectivity index (χ1n) is 8.50. The van der Waals surface area contributed by atoms with Crippen LogP contribution >= 0.6 is 22.9 Å². The Hall–Kier alpha value is -2.44. The number of ketones is 1. The van der Waals surface area contributed by atoms with Gasteiger partial charge in [-0.2, -0.15) is 4.98 Å². The molecule has 3 aromatic rings. The predicted molar refractivity (Wildman–Crippen MR) is 102 cm³/mol. The van der Waals surface area contributed by atoms with Gasteiger partial charge in [0.1, 0.15) is 6.04 Å². The molecule has 3 heterocycles. The molecule has 130 valence electrons. The maximum Gasteiger partial charge on any atom is 0.226 e. The summed E-state index contributed by atoms with van der Waals surface area (Å²) in [6.07, 6.45) is 2.25. The smallest absolute Gasteiger partial charge is 0.226 e. The highest BCUT2D eigenvalue weighted by atomic mass is 35.5. The summed E-state index contributed by atoms with van der Waals surface area (Å²) in [5.41, 5.74) is 2.59. The molecule has 1 N–H and O–H groups in total. The SMILES string of the molecule is O=C1CCCC2=C1C(c1ccccc1Cl)n1nc(-c3cccs3)nc1N2. The maximum atomic E-state index is 12.8. The molecule has 0 radical (unpaired) electrons. The number of carbonyl (C=O) groups is 1. The highest BCUT2D eigenvalue weighted by Gasteiger charge is 2.37. The van der Waals surface area contributed by atoms with E-state index < -0.39 is 0 Å². The van der Waals surface area contributed by atoms with Crippen molar-refractivity contribution >= 4 is 34.7 Å². The topological polar surface area (TPSA) is 59.8 Å². The van der Waals surface area contributed by atoms with Crippen molar-refractivity contribution < 1.29 is 4.79 Å². The summed E-state index contributed by atoms with van der Waals surface area (Å²) < 4.78 is 1.80. The highest BCUT2D eigenvalue weighted by Crippen LogP contribution is 2.42. The molecule has 0 fully saturated rings. The van der Waals surface area contributed by atoms with Gasteiger partial charge in [0.15, 0.2) is 11.6 Å². The number of allylic oxidation sites excluding steroid dienone is 2. The standard InChI is InChI=1S/C19H15ClN4OS/c20-12-6-2-1-5-11(12)17-16-13(7-3-8-14(16)25)21-19-22-18(23-24(17)19)15-9-4-10-26-15/h1-2,4-6,9-10,17H,3,7-8H2,(H,21,22,23). The van der Waals surface area contributed by atoms with Gasteiger partial charge in [0.25, 0.3) is 0 Å². The van der Waals surface area contributed by atoms with Gasteiger partial charge < -0.3 is 5.32 Å². The largest absolute Gasteiger partial charge is 0.328 e. The number of nitrogens with zero attached hydrogens (tertiary/aromatic N) is 3. The first-order chi connectivity index (χ1) is 12.7. The van der Waals surface area contributed by atoms with E-state index in [-0.39, 0.29) is 11.8 Å². The van der Waals surface area contributed by atoms with Gasteiger partial charge in [0.2, 0.25) is 5.95 Å². The first-order valence-corrected chi connectivity index (χ1v) is 9.76. The van der Waals surface area contributed by atoms with Crippen molar-refractivity contribution in [1.82, 2.24) is 14.8 Å². The molecule has 2 aromatic heterocycles. The number of rotatable bonds is 2. The summed E-state index contributed by atoms with van der Waals surface area (Å²) in [5, 5.41) is 10.7. The van der Waals surface area contributed by atoms with Crippen LogP contribution in [0.5, 0.6) is 0 Å². The second-order valence-electron chi connectivity index (χ2n) is 6.40. The van der Waals surface area contributed by atoms with E-state index in [1.54, 1.807) is 16.0 Å². The number of aromatic nitrogens is 3. The fourth-order valence-electron chi connectivity index (χ4n) is 3.65. The van der Waals surface area contributed by atoms with Crippen molar-refractivity contribution in [3.8, 4) is 10.7 Å². The van der Waals surface area contributed by atoms with Gasteiger partial charge >= 0.3 is 0 Å². The van der Waals surface area contributed by atoms with E-state index in [9.17, 15) is 4.79 Å². The van der Waals surface area contributed by atoms with Crippen LogP contribution in [-0.4, -0.2) is 20.5 Å². The van der Waals surface area contributed by atoms with Gasteiger partial charge in [-0.3, -0.25) is 4.79 Å². The molecule has 1 aliphatic carbocycles. The van der Waals surface area contributed by atoms with Gasteiger partial charge in [-0.15, -0.1) is 16.4 Å². The van der Waals surface area contributed by atoms with Crippen molar-refractivity contribution in [2.45, 2.75) is 25.3 Å². The molecule has 0 saturated heterocycles. The fourth-order valence-corrected chi connectivity index (χ4v) is 4.54. The summed E-state index contributed by atoms with van der Waals surface area (Å²) in [5.74, 6) is 1.47. The Morgan fingerprint density at radius 3 is 2.88 bits per heavy atom. The molecule has 0 saturated carbocycles. The van der Waals surface area contributed by atoms with Crippen molar-refractivity contribution in [3.63, 3.8) is 0 Å². The number of Topliss-reactive ketones (excluding diaryl/α,β-unsaturated/α-hetero) is 1. The van der Waals surface area contributed by atoms with Crippen LogP contribution in [0.3, 0.4) is 0 Å². The molecule has 7 heteroatoms. The molecule has 0 amide bonds. The second-order valence-corrected chi connectivity index (χ2v) is 7.75. The molecular formula is C19H15ClN4OS. The predicted octanol–water partition coefficient (Wildman–Crippen LogP) is 4.68. The Kier molecular flexibility index (Phi) is 3.69. The second kappa shape index (κ2) is 6.07. The minimum atomic E-state index is -0.344. The number of hydrogen-bond acceptors (Lipinski definition) is 5. The third kappa shape index (κ3) is 2.40. The Labute approximate surface area is 159 Å². The van der Waals surface area contributed by atoms with Gasteiger partial charge in [-0.25, -0.2) is 4.68 Å². The normalized spacial score (nSPS) is 19.1. The lowest BCUT2D eigenvalue weighted by Gasteiger charge is -2.32. The average Bonchev–Trinajstić information content (AvgIpc) is 3.30. The van der Waals surface area contributed by atoms with Crippen molar-refractivity contribution in [2.24, 2.45) is 0 Å². The summed E-state index contributed by atoms with van der Waals surface area (Å²) in [4.78, 5) is 18.4. The molecule has 2 aliphatic rings. The molecule has 1 atom stereocenters. The van der Waals surface area contributed by atoms with E-state index in [2.05, 4.69) is 10.3 Å². The van der Waals surface area contributed by atoms with Crippen molar-refractivity contribution in [1.29, 1.82) is 0 Å². The van der Waals surface area contributed by atoms with Crippen LogP contribution in [0.25, 0.3) is 10.7 Å².